The molecular formula is C98H121Cl2N13O32. The number of hydrogen-bond acceptors (Lipinski definition) is 36. The third kappa shape index (κ3) is 26.6. The molecule has 9 amide bonds. The van der Waals surface area contributed by atoms with Crippen molar-refractivity contribution >= 4 is 76.4 Å². The Morgan fingerprint density at radius 1 is 0.503 bits per heavy atom. The second-order valence-electron chi connectivity index (χ2n) is 37.0. The van der Waals surface area contributed by atoms with Crippen molar-refractivity contribution in [2.75, 3.05) is 72.2 Å². The molecule has 0 saturated carbocycles. The van der Waals surface area contributed by atoms with Gasteiger partial charge in [0.25, 0.3) is 0 Å². The van der Waals surface area contributed by atoms with Gasteiger partial charge < -0.3 is 183 Å². The van der Waals surface area contributed by atoms with Crippen LogP contribution in [0.1, 0.15) is 147 Å². The van der Waals surface area contributed by atoms with Crippen molar-refractivity contribution in [2.24, 2.45) is 17.4 Å². The third-order valence-electron chi connectivity index (χ3n) is 25.9. The van der Waals surface area contributed by atoms with Crippen LogP contribution in [-0.4, -0.2) is 311 Å². The van der Waals surface area contributed by atoms with E-state index < -0.39 is 282 Å². The van der Waals surface area contributed by atoms with Crippen LogP contribution in [0.4, 0.5) is 0 Å². The molecule has 7 aromatic carbocycles. The first-order chi connectivity index (χ1) is 69.3. The van der Waals surface area contributed by atoms with Gasteiger partial charge in [0.2, 0.25) is 71.5 Å². The van der Waals surface area contributed by atoms with Gasteiger partial charge in [-0.05, 0) is 169 Å². The second kappa shape index (κ2) is 48.9. The van der Waals surface area contributed by atoms with Crippen LogP contribution in [0.25, 0.3) is 0 Å². The molecule has 16 rings (SSSR count). The Morgan fingerprint density at radius 3 is 1.68 bits per heavy atom. The summed E-state index contributed by atoms with van der Waals surface area (Å²) in [5, 5.41) is 181. The molecular weight excluding hydrogens is 1940 g/mol. The molecule has 0 unspecified atom stereocenters. The summed E-state index contributed by atoms with van der Waals surface area (Å²) in [6.45, 7) is 6.44. The van der Waals surface area contributed by atoms with E-state index in [2.05, 4.69) is 71.5 Å². The molecule has 0 aliphatic carbocycles. The lowest BCUT2D eigenvalue weighted by molar-refractivity contribution is -0.284. The first-order valence-corrected chi connectivity index (χ1v) is 48.3. The number of amides is 9. The number of aromatic hydroxyl groups is 4. The number of unbranched alkanes of at least 4 members (excludes halogenated alkanes) is 3. The van der Waals surface area contributed by atoms with Crippen LogP contribution in [-0.2, 0) is 68.5 Å². The summed E-state index contributed by atoms with van der Waals surface area (Å²) in [5.41, 5.74) is 10.8. The zero-order chi connectivity index (χ0) is 104. The Morgan fingerprint density at radius 2 is 1.06 bits per heavy atom. The van der Waals surface area contributed by atoms with Crippen LogP contribution >= 0.6 is 23.2 Å². The van der Waals surface area contributed by atoms with Crippen LogP contribution in [0.5, 0.6) is 69.0 Å². The maximum Gasteiger partial charge on any atom is 0.248 e. The minimum Gasteiger partial charge on any atom is -0.508 e. The number of halogens is 2. The van der Waals surface area contributed by atoms with Gasteiger partial charge in [-0.1, -0.05) is 93.1 Å². The molecule has 23 atom stereocenters. The van der Waals surface area contributed by atoms with E-state index in [-0.39, 0.29) is 75.0 Å². The molecule has 9 aliphatic heterocycles. The topological polar surface area (TPSA) is 687 Å². The smallest absolute Gasteiger partial charge is 0.248 e. The number of benzene rings is 7. The Labute approximate surface area is 841 Å². The lowest BCUT2D eigenvalue weighted by Crippen LogP contribution is -2.65. The van der Waals surface area contributed by atoms with Crippen LogP contribution in [0.3, 0.4) is 0 Å². The minimum atomic E-state index is -2.54. The van der Waals surface area contributed by atoms with Gasteiger partial charge in [0.05, 0.1) is 29.9 Å². The Bertz CT molecular complexity index is 5770. The van der Waals surface area contributed by atoms with Crippen LogP contribution in [0.2, 0.25) is 10.0 Å². The molecule has 4 fully saturated rings. The predicted molar refractivity (Wildman–Crippen MR) is 511 cm³/mol. The number of phenols is 4. The molecule has 7 aromatic rings. The van der Waals surface area contributed by atoms with Gasteiger partial charge in [0, 0.05) is 64.6 Å². The van der Waals surface area contributed by atoms with E-state index in [1.807, 2.05) is 0 Å². The number of piperazine rings is 1. The number of nitrogens with zero attached hydrogens (tertiary/aromatic N) is 2. The summed E-state index contributed by atoms with van der Waals surface area (Å²) < 4.78 is 57.8. The number of hydrogen-bond donors (Lipinski definition) is 25. The van der Waals surface area contributed by atoms with Crippen molar-refractivity contribution in [2.45, 2.75) is 219 Å². The molecule has 0 aromatic heterocycles. The number of carbonyl (C=O) groups is 9. The molecule has 27 N–H and O–H groups in total. The fourth-order valence-corrected chi connectivity index (χ4v) is 18.5. The van der Waals surface area contributed by atoms with Crippen molar-refractivity contribution in [3.8, 4) is 69.0 Å². The monoisotopic (exact) mass is 2060 g/mol. The van der Waals surface area contributed by atoms with E-state index in [0.717, 1.165) is 130 Å². The number of aliphatic hydroxyl groups is 10. The normalized spacial score (nSPS) is 27.6. The van der Waals surface area contributed by atoms with E-state index in [9.17, 15) is 85.9 Å². The van der Waals surface area contributed by atoms with Crippen molar-refractivity contribution in [3.05, 3.63) is 176 Å². The van der Waals surface area contributed by atoms with E-state index in [1.54, 1.807) is 0 Å². The number of rotatable bonds is 30. The number of phenolic OH excluding ortho intramolecular Hbond substituents is 4. The SMILES string of the molecule is CC(=O)N[C@H]1[C@H](O[C@@H]2c3ccc(c(Cl)c3)Oc3cc4cc(c3O[C@@H]3O[C@H](CO)[C@@H](O)[C@H](O)[C@H]3NC(=O)CCCCCCC(C)C)Oc3ccc(cc3Cl)C[C@H]3NC(=O)[C@H](N)c5ccc(O)c(c5)Oc5cc(O)cc(c5)[C@H](NC3=O)C(=O)N[C@H]4C(=O)N[C@H](c3ccc(O)cc3)C(=O)N[C@@H]2C(=O)N[C@H](C(=O)NCCCN2CCN(CCCN)CC2)c2cc(O)cc(O[C@H]3O[C@H](CO)[C@@H](O)[C@H](O)[C@@H]3O)c2)O[C@H](CO)[C@@H](O)[C@@H]1O. The molecule has 45 nitrogen and oxygen atoms in total. The Kier molecular flexibility index (Phi) is 36.6. The Balaban J connectivity index is 0.976. The fraction of sp³-hybridized carbons (Fsp3) is 0.480. The van der Waals surface area contributed by atoms with Gasteiger partial charge >= 0.3 is 0 Å². The average Bonchev–Trinajstić information content (AvgIpc) is 0.758. The summed E-state index contributed by atoms with van der Waals surface area (Å²) in [6.07, 6.45) is -23.7. The number of aliphatic hydroxyl groups excluding tert-OH is 10. The van der Waals surface area contributed by atoms with Crippen LogP contribution < -0.4 is 83.0 Å². The van der Waals surface area contributed by atoms with E-state index in [0.29, 0.717) is 58.0 Å². The van der Waals surface area contributed by atoms with Crippen molar-refractivity contribution in [1.29, 1.82) is 0 Å². The van der Waals surface area contributed by atoms with E-state index in [4.69, 9.17) is 77.3 Å². The molecule has 4 saturated heterocycles. The lowest BCUT2D eigenvalue weighted by atomic mass is 9.95. The van der Waals surface area contributed by atoms with E-state index in [1.165, 1.54) is 36.4 Å². The van der Waals surface area contributed by atoms with Gasteiger partial charge in [-0.25, -0.2) is 0 Å². The van der Waals surface area contributed by atoms with Gasteiger partial charge in [-0.2, -0.15) is 0 Å². The first-order valence-electron chi connectivity index (χ1n) is 47.6. The summed E-state index contributed by atoms with van der Waals surface area (Å²) in [5.74, 6) is -16.5. The highest BCUT2D eigenvalue weighted by Gasteiger charge is 2.52. The molecule has 145 heavy (non-hydrogen) atoms. The molecule has 47 heteroatoms. The number of ether oxygens (including phenoxy) is 9. The van der Waals surface area contributed by atoms with Crippen LogP contribution in [0.15, 0.2) is 127 Å². The second-order valence-corrected chi connectivity index (χ2v) is 37.8. The summed E-state index contributed by atoms with van der Waals surface area (Å²) in [7, 11) is 0. The average molecular weight is 2060 g/mol. The molecule has 9 heterocycles. The number of nitrogens with one attached hydrogen (secondary N) is 9. The van der Waals surface area contributed by atoms with Crippen LogP contribution in [0, 0.1) is 5.92 Å². The predicted octanol–water partition coefficient (Wildman–Crippen LogP) is 0.427. The standard InChI is InChI=1S/C98H121Cl2N13O32/c1-45(2)10-6-4-5-7-11-71(122)106-78-84(127)81(124)69(43-115)142-97(78)145-88-66-38-53-39-67(88)140-64-21-16-50(36-60(64)100)87(144-96-77(104-46(3)117)83(126)80(123)68(42-114)141-96)79(95(136)109-74(91(132)103-23-9-25-113-28-26-112(27-29-113)24-8-22-101)51-32-56(120)41-58(35-51)138-98-86(129)85(128)82(125)70(44-116)143-98)111-92(133)73(48-13-17-54(118)18-14-48)108-94(135)76(53)110-93(134)75-52-33-55(119)40-57(34-52)137-65-37-49(15-19-62(65)121)72(102)90(131)105-61(89(130)107-75)31-47-12-20-63(139-66)59(99)30-47/h12-21,30,32-41,45,61,68-70,72-87,96-98,114-116,118-121,123-129H,4-11,22-29,31,42-44,101-102H2,1-3H3,(H,103,132)(H,104,117)(H,105,131)(H,106,122)(H,107,130)(H,108,135)(H,109,136)(H,110,134)(H,111,133)/t61-,68-,69-,70-,72-,73-,74+,75+,76-,77-,78-,79+,80-,81-,82-,83-,84-,85+,86+,87-,96+,97+,98+/m1/s1. The van der Waals surface area contributed by atoms with Gasteiger partial charge in [0.15, 0.2) is 29.3 Å². The largest absolute Gasteiger partial charge is 0.508 e. The highest BCUT2D eigenvalue weighted by Crippen LogP contribution is 2.50. The van der Waals surface area contributed by atoms with Gasteiger partial charge in [-0.3, -0.25) is 43.2 Å². The highest BCUT2D eigenvalue weighted by molar-refractivity contribution is 6.32. The third-order valence-corrected chi connectivity index (χ3v) is 26.5. The van der Waals surface area contributed by atoms with Crippen molar-refractivity contribution < 1.29 is 157 Å². The summed E-state index contributed by atoms with van der Waals surface area (Å²) >= 11 is 14.9. The molecule has 0 spiro atoms. The quantitative estimate of drug-likeness (QED) is 0.0271. The highest BCUT2D eigenvalue weighted by atomic mass is 35.5. The zero-order valence-electron chi connectivity index (χ0n) is 79.0. The Hall–Kier alpha value is -12.2. The van der Waals surface area contributed by atoms with Crippen molar-refractivity contribution in [1.82, 2.24) is 57.7 Å². The molecule has 9 aliphatic rings. The van der Waals surface area contributed by atoms with Gasteiger partial charge in [0.1, 0.15) is 162 Å². The molecule has 784 valence electrons. The van der Waals surface area contributed by atoms with Crippen molar-refractivity contribution in [3.63, 3.8) is 0 Å². The number of carbonyl (C=O) groups excluding carboxylic acids is 9. The minimum absolute atomic E-state index is 0.0425. The summed E-state index contributed by atoms with van der Waals surface area (Å²) in [6, 6.07) is 5.03. The summed E-state index contributed by atoms with van der Waals surface area (Å²) in [4.78, 5) is 145. The van der Waals surface area contributed by atoms with Gasteiger partial charge in [-0.15, -0.1) is 0 Å². The molecule has 0 radical (unpaired) electrons. The van der Waals surface area contributed by atoms with E-state index >= 15 is 28.8 Å². The molecule has 13 bridgehead atoms. The first kappa shape index (κ1) is 109. The zero-order valence-corrected chi connectivity index (χ0v) is 80.5. The lowest BCUT2D eigenvalue weighted by Gasteiger charge is -2.44. The maximum atomic E-state index is 17.0. The fourth-order valence-electron chi connectivity index (χ4n) is 18.0. The maximum absolute atomic E-state index is 17.0. The number of nitrogens with two attached hydrogens (primary N) is 2. The number of fused-ring (bicyclic) bond motifs is 15.